The van der Waals surface area contributed by atoms with E-state index in [1.807, 2.05) is 55.5 Å². The van der Waals surface area contributed by atoms with Crippen molar-refractivity contribution in [3.8, 4) is 11.5 Å². The van der Waals surface area contributed by atoms with Gasteiger partial charge in [0.25, 0.3) is 5.91 Å². The predicted molar refractivity (Wildman–Crippen MR) is 115 cm³/mol. The lowest BCUT2D eigenvalue weighted by molar-refractivity contribution is -0.133. The molecule has 0 saturated carbocycles. The molecular formula is C24H25NO5. The van der Waals surface area contributed by atoms with E-state index in [0.29, 0.717) is 18.9 Å². The largest absolute Gasteiger partial charge is 0.496 e. The summed E-state index contributed by atoms with van der Waals surface area (Å²) in [4.78, 5) is 26.5. The highest BCUT2D eigenvalue weighted by molar-refractivity contribution is 5.99. The SMILES string of the molecule is CCOc1ccc(CN(C)C(=O)COC(=O)c2cc3ccccc3cc2OC)cc1. The Kier molecular flexibility index (Phi) is 6.91. The number of rotatable bonds is 8. The van der Waals surface area contributed by atoms with Crippen LogP contribution in [0.4, 0.5) is 0 Å². The van der Waals surface area contributed by atoms with Crippen molar-refractivity contribution in [2.24, 2.45) is 0 Å². The van der Waals surface area contributed by atoms with Crippen LogP contribution in [0, 0.1) is 0 Å². The normalized spacial score (nSPS) is 10.5. The van der Waals surface area contributed by atoms with Crippen molar-refractivity contribution in [1.29, 1.82) is 0 Å². The topological polar surface area (TPSA) is 65.1 Å². The molecule has 156 valence electrons. The quantitative estimate of drug-likeness (QED) is 0.527. The first-order valence-corrected chi connectivity index (χ1v) is 9.71. The number of carbonyl (C=O) groups excluding carboxylic acids is 2. The fourth-order valence-electron chi connectivity index (χ4n) is 3.08. The highest BCUT2D eigenvalue weighted by atomic mass is 16.5. The van der Waals surface area contributed by atoms with Crippen molar-refractivity contribution in [3.05, 3.63) is 71.8 Å². The molecule has 0 aliphatic heterocycles. The summed E-state index contributed by atoms with van der Waals surface area (Å²) in [6.07, 6.45) is 0. The first-order chi connectivity index (χ1) is 14.5. The van der Waals surface area contributed by atoms with E-state index in [9.17, 15) is 9.59 Å². The molecule has 0 heterocycles. The fourth-order valence-corrected chi connectivity index (χ4v) is 3.08. The van der Waals surface area contributed by atoms with Gasteiger partial charge in [0, 0.05) is 13.6 Å². The summed E-state index contributed by atoms with van der Waals surface area (Å²) in [6.45, 7) is 2.59. The van der Waals surface area contributed by atoms with Gasteiger partial charge in [0.15, 0.2) is 6.61 Å². The molecule has 3 aromatic rings. The number of ether oxygens (including phenoxy) is 3. The minimum absolute atomic E-state index is 0.290. The Morgan fingerprint density at radius 1 is 0.967 bits per heavy atom. The second-order valence-corrected chi connectivity index (χ2v) is 6.80. The molecule has 0 spiro atoms. The van der Waals surface area contributed by atoms with Gasteiger partial charge in [-0.05, 0) is 47.5 Å². The molecule has 6 nitrogen and oxygen atoms in total. The number of likely N-dealkylation sites (N-methyl/N-ethyl adjacent to an activating group) is 1. The third-order valence-corrected chi connectivity index (χ3v) is 4.69. The van der Waals surface area contributed by atoms with Crippen molar-refractivity contribution >= 4 is 22.6 Å². The summed E-state index contributed by atoms with van der Waals surface area (Å²) < 4.78 is 16.0. The zero-order valence-electron chi connectivity index (χ0n) is 17.4. The molecule has 6 heteroatoms. The number of benzene rings is 3. The molecule has 0 aromatic heterocycles. The van der Waals surface area contributed by atoms with E-state index in [0.717, 1.165) is 22.1 Å². The van der Waals surface area contributed by atoms with Crippen LogP contribution in [-0.2, 0) is 16.1 Å². The molecule has 0 unspecified atom stereocenters. The van der Waals surface area contributed by atoms with E-state index < -0.39 is 5.97 Å². The Labute approximate surface area is 176 Å². The van der Waals surface area contributed by atoms with Crippen LogP contribution in [0.2, 0.25) is 0 Å². The zero-order chi connectivity index (χ0) is 21.5. The number of amides is 1. The average Bonchev–Trinajstić information content (AvgIpc) is 2.77. The van der Waals surface area contributed by atoms with Gasteiger partial charge in [-0.25, -0.2) is 4.79 Å². The number of methoxy groups -OCH3 is 1. The summed E-state index contributed by atoms with van der Waals surface area (Å²) in [5.74, 6) is 0.305. The number of esters is 1. The van der Waals surface area contributed by atoms with Crippen molar-refractivity contribution < 1.29 is 23.8 Å². The molecule has 0 aliphatic rings. The standard InChI is InChI=1S/C24H25NO5/c1-4-29-20-11-9-17(10-12-20)15-25(2)23(26)16-30-24(27)21-13-18-7-5-6-8-19(18)14-22(21)28-3/h5-14H,4,15-16H2,1-3H3. The van der Waals surface area contributed by atoms with Crippen LogP contribution in [0.5, 0.6) is 11.5 Å². The molecular weight excluding hydrogens is 382 g/mol. The maximum Gasteiger partial charge on any atom is 0.342 e. The maximum atomic E-state index is 12.6. The number of carbonyl (C=O) groups is 2. The highest BCUT2D eigenvalue weighted by Crippen LogP contribution is 2.26. The molecule has 0 fully saturated rings. The molecule has 30 heavy (non-hydrogen) atoms. The Morgan fingerprint density at radius 3 is 2.27 bits per heavy atom. The minimum Gasteiger partial charge on any atom is -0.496 e. The number of nitrogens with zero attached hydrogens (tertiary/aromatic N) is 1. The summed E-state index contributed by atoms with van der Waals surface area (Å²) in [7, 11) is 3.17. The molecule has 0 radical (unpaired) electrons. The van der Waals surface area contributed by atoms with E-state index in [2.05, 4.69) is 0 Å². The summed E-state index contributed by atoms with van der Waals surface area (Å²) in [5, 5.41) is 1.85. The van der Waals surface area contributed by atoms with E-state index in [1.165, 1.54) is 12.0 Å². The summed E-state index contributed by atoms with van der Waals surface area (Å²) >= 11 is 0. The molecule has 0 bridgehead atoms. The van der Waals surface area contributed by atoms with Crippen LogP contribution in [0.25, 0.3) is 10.8 Å². The minimum atomic E-state index is -0.597. The van der Waals surface area contributed by atoms with Gasteiger partial charge in [-0.2, -0.15) is 0 Å². The smallest absolute Gasteiger partial charge is 0.342 e. The molecule has 0 saturated heterocycles. The molecule has 3 rings (SSSR count). The van der Waals surface area contributed by atoms with Gasteiger partial charge in [0.1, 0.15) is 17.1 Å². The van der Waals surface area contributed by atoms with Gasteiger partial charge in [-0.3, -0.25) is 4.79 Å². The highest BCUT2D eigenvalue weighted by Gasteiger charge is 2.18. The molecule has 3 aromatic carbocycles. The van der Waals surface area contributed by atoms with Gasteiger partial charge >= 0.3 is 5.97 Å². The number of fused-ring (bicyclic) bond motifs is 1. The lowest BCUT2D eigenvalue weighted by Gasteiger charge is -2.18. The second kappa shape index (κ2) is 9.78. The first kappa shape index (κ1) is 21.2. The Bertz CT molecular complexity index is 1030. The van der Waals surface area contributed by atoms with Gasteiger partial charge < -0.3 is 19.1 Å². The van der Waals surface area contributed by atoms with Crippen molar-refractivity contribution in [1.82, 2.24) is 4.90 Å². The predicted octanol–water partition coefficient (Wildman–Crippen LogP) is 4.06. The monoisotopic (exact) mass is 407 g/mol. The van der Waals surface area contributed by atoms with Crippen molar-refractivity contribution in [2.45, 2.75) is 13.5 Å². The van der Waals surface area contributed by atoms with Crippen LogP contribution < -0.4 is 9.47 Å². The van der Waals surface area contributed by atoms with Gasteiger partial charge in [0.2, 0.25) is 0 Å². The van der Waals surface area contributed by atoms with Crippen LogP contribution in [0.1, 0.15) is 22.8 Å². The summed E-state index contributed by atoms with van der Waals surface area (Å²) in [6, 6.07) is 18.7. The van der Waals surface area contributed by atoms with E-state index in [-0.39, 0.29) is 18.1 Å². The molecule has 0 atom stereocenters. The van der Waals surface area contributed by atoms with Gasteiger partial charge in [-0.15, -0.1) is 0 Å². The number of hydrogen-bond acceptors (Lipinski definition) is 5. The lowest BCUT2D eigenvalue weighted by Crippen LogP contribution is -2.30. The van der Waals surface area contributed by atoms with Crippen molar-refractivity contribution in [3.63, 3.8) is 0 Å². The second-order valence-electron chi connectivity index (χ2n) is 6.80. The third kappa shape index (κ3) is 5.08. The van der Waals surface area contributed by atoms with Crippen LogP contribution in [0.3, 0.4) is 0 Å². The van der Waals surface area contributed by atoms with Gasteiger partial charge in [0.05, 0.1) is 13.7 Å². The van der Waals surface area contributed by atoms with E-state index in [1.54, 1.807) is 19.2 Å². The lowest BCUT2D eigenvalue weighted by atomic mass is 10.1. The molecule has 1 amide bonds. The maximum absolute atomic E-state index is 12.6. The summed E-state index contributed by atoms with van der Waals surface area (Å²) in [5.41, 5.74) is 1.25. The number of hydrogen-bond donors (Lipinski definition) is 0. The first-order valence-electron chi connectivity index (χ1n) is 9.71. The average molecular weight is 407 g/mol. The fraction of sp³-hybridized carbons (Fsp3) is 0.250. The molecule has 0 aliphatic carbocycles. The van der Waals surface area contributed by atoms with E-state index >= 15 is 0 Å². The van der Waals surface area contributed by atoms with Crippen LogP contribution in [-0.4, -0.2) is 44.1 Å². The third-order valence-electron chi connectivity index (χ3n) is 4.69. The molecule has 0 N–H and O–H groups in total. The van der Waals surface area contributed by atoms with Crippen molar-refractivity contribution in [2.75, 3.05) is 27.4 Å². The zero-order valence-corrected chi connectivity index (χ0v) is 17.4. The Morgan fingerprint density at radius 2 is 1.63 bits per heavy atom. The Hall–Kier alpha value is -3.54. The Balaban J connectivity index is 1.61. The van der Waals surface area contributed by atoms with Crippen LogP contribution >= 0.6 is 0 Å². The van der Waals surface area contributed by atoms with Crippen LogP contribution in [0.15, 0.2) is 60.7 Å². The van der Waals surface area contributed by atoms with Gasteiger partial charge in [-0.1, -0.05) is 36.4 Å². The van der Waals surface area contributed by atoms with E-state index in [4.69, 9.17) is 14.2 Å².